The van der Waals surface area contributed by atoms with Crippen molar-refractivity contribution in [2.75, 3.05) is 18.5 Å². The second kappa shape index (κ2) is 8.71. The third-order valence-electron chi connectivity index (χ3n) is 3.73. The van der Waals surface area contributed by atoms with E-state index in [1.807, 2.05) is 6.07 Å². The van der Waals surface area contributed by atoms with E-state index in [2.05, 4.69) is 5.32 Å². The number of ether oxygens (including phenoxy) is 2. The van der Waals surface area contributed by atoms with Crippen LogP contribution in [-0.4, -0.2) is 24.9 Å². The summed E-state index contributed by atoms with van der Waals surface area (Å²) in [4.78, 5) is 23.5. The van der Waals surface area contributed by atoms with Crippen molar-refractivity contribution in [3.63, 3.8) is 0 Å². The van der Waals surface area contributed by atoms with Gasteiger partial charge in [-0.05, 0) is 55.5 Å². The van der Waals surface area contributed by atoms with E-state index in [0.717, 1.165) is 0 Å². The Morgan fingerprint density at radius 2 is 1.67 bits per heavy atom. The van der Waals surface area contributed by atoms with E-state index in [0.29, 0.717) is 36.0 Å². The molecule has 0 aliphatic rings. The molecule has 3 rings (SSSR count). The van der Waals surface area contributed by atoms with Gasteiger partial charge >= 0.3 is 0 Å². The van der Waals surface area contributed by atoms with E-state index < -0.39 is 0 Å². The molecule has 0 bridgehead atoms. The maximum Gasteiger partial charge on any atom is 0.291 e. The number of carbonyl (C=O) groups excluding carboxylic acids is 2. The minimum Gasteiger partial charge on any atom is -0.490 e. The van der Waals surface area contributed by atoms with Crippen LogP contribution in [0.1, 0.15) is 27.8 Å². The predicted octanol–water partition coefficient (Wildman–Crippen LogP) is 4.19. The molecule has 0 fully saturated rings. The summed E-state index contributed by atoms with van der Waals surface area (Å²) < 4.78 is 16.3. The van der Waals surface area contributed by atoms with Gasteiger partial charge < -0.3 is 19.2 Å². The zero-order valence-electron chi connectivity index (χ0n) is 14.8. The van der Waals surface area contributed by atoms with E-state index in [4.69, 9.17) is 13.9 Å². The SMILES string of the molecule is CC(=O)c1ccccc1OCCOc1ccc(NC(=O)c2ccco2)cc1. The van der Waals surface area contributed by atoms with Crippen molar-refractivity contribution in [1.82, 2.24) is 0 Å². The van der Waals surface area contributed by atoms with Crippen LogP contribution in [0.15, 0.2) is 71.3 Å². The highest BCUT2D eigenvalue weighted by Crippen LogP contribution is 2.19. The van der Waals surface area contributed by atoms with Crippen LogP contribution in [-0.2, 0) is 0 Å². The molecule has 0 aliphatic carbocycles. The lowest BCUT2D eigenvalue weighted by Crippen LogP contribution is -2.11. The fraction of sp³-hybridized carbons (Fsp3) is 0.143. The van der Waals surface area contributed by atoms with Crippen LogP contribution in [0.3, 0.4) is 0 Å². The molecule has 1 amide bonds. The van der Waals surface area contributed by atoms with Crippen molar-refractivity contribution < 1.29 is 23.5 Å². The molecular weight excluding hydrogens is 346 g/mol. The highest BCUT2D eigenvalue weighted by Gasteiger charge is 2.09. The summed E-state index contributed by atoms with van der Waals surface area (Å²) in [7, 11) is 0. The number of hydrogen-bond acceptors (Lipinski definition) is 5. The van der Waals surface area contributed by atoms with E-state index in [9.17, 15) is 9.59 Å². The molecule has 2 aromatic carbocycles. The minimum absolute atomic E-state index is 0.0429. The van der Waals surface area contributed by atoms with E-state index in [-0.39, 0.29) is 17.5 Å². The molecule has 1 aromatic heterocycles. The zero-order chi connectivity index (χ0) is 19.1. The van der Waals surface area contributed by atoms with Crippen LogP contribution >= 0.6 is 0 Å². The molecule has 0 unspecified atom stereocenters. The van der Waals surface area contributed by atoms with Crippen molar-refractivity contribution in [3.05, 3.63) is 78.3 Å². The van der Waals surface area contributed by atoms with Crippen LogP contribution in [0.25, 0.3) is 0 Å². The molecule has 27 heavy (non-hydrogen) atoms. The highest BCUT2D eigenvalue weighted by molar-refractivity contribution is 6.02. The number of rotatable bonds is 8. The van der Waals surface area contributed by atoms with Gasteiger partial charge in [0.2, 0.25) is 0 Å². The molecule has 0 atom stereocenters. The molecule has 0 aliphatic heterocycles. The normalized spacial score (nSPS) is 10.3. The number of furan rings is 1. The molecule has 1 heterocycles. The minimum atomic E-state index is -0.314. The molecule has 1 N–H and O–H groups in total. The lowest BCUT2D eigenvalue weighted by atomic mass is 10.1. The van der Waals surface area contributed by atoms with Crippen LogP contribution < -0.4 is 14.8 Å². The van der Waals surface area contributed by atoms with Crippen molar-refractivity contribution in [3.8, 4) is 11.5 Å². The van der Waals surface area contributed by atoms with Gasteiger partial charge in [0.15, 0.2) is 11.5 Å². The van der Waals surface area contributed by atoms with Gasteiger partial charge in [-0.2, -0.15) is 0 Å². The summed E-state index contributed by atoms with van der Waals surface area (Å²) in [6.45, 7) is 2.14. The van der Waals surface area contributed by atoms with E-state index >= 15 is 0 Å². The van der Waals surface area contributed by atoms with Gasteiger partial charge in [-0.25, -0.2) is 0 Å². The smallest absolute Gasteiger partial charge is 0.291 e. The standard InChI is InChI=1S/C21H19NO5/c1-15(23)18-5-2-3-6-19(18)27-14-13-25-17-10-8-16(9-11-17)22-21(24)20-7-4-12-26-20/h2-12H,13-14H2,1H3,(H,22,24). The summed E-state index contributed by atoms with van der Waals surface area (Å²) in [5.41, 5.74) is 1.18. The quantitative estimate of drug-likeness (QED) is 0.478. The van der Waals surface area contributed by atoms with Crippen molar-refractivity contribution in [1.29, 1.82) is 0 Å². The molecule has 6 heteroatoms. The predicted molar refractivity (Wildman–Crippen MR) is 101 cm³/mol. The second-order valence-electron chi connectivity index (χ2n) is 5.71. The maximum absolute atomic E-state index is 11.9. The Kier molecular flexibility index (Phi) is 5.89. The number of para-hydroxylation sites is 1. The number of nitrogens with one attached hydrogen (secondary N) is 1. The Morgan fingerprint density at radius 1 is 0.926 bits per heavy atom. The second-order valence-corrected chi connectivity index (χ2v) is 5.71. The van der Waals surface area contributed by atoms with E-state index in [1.54, 1.807) is 54.6 Å². The molecule has 138 valence electrons. The number of Topliss-reactive ketones (excluding diaryl/α,β-unsaturated/α-hetero) is 1. The average Bonchev–Trinajstić information content (AvgIpc) is 3.22. The first-order chi connectivity index (χ1) is 13.1. The van der Waals surface area contributed by atoms with Gasteiger partial charge in [0, 0.05) is 5.69 Å². The molecule has 0 saturated carbocycles. The number of benzene rings is 2. The first-order valence-corrected chi connectivity index (χ1v) is 8.44. The highest BCUT2D eigenvalue weighted by atomic mass is 16.5. The first-order valence-electron chi connectivity index (χ1n) is 8.44. The van der Waals surface area contributed by atoms with Crippen molar-refractivity contribution in [2.45, 2.75) is 6.92 Å². The number of ketones is 1. The van der Waals surface area contributed by atoms with Crippen LogP contribution in [0, 0.1) is 0 Å². The third-order valence-corrected chi connectivity index (χ3v) is 3.73. The largest absolute Gasteiger partial charge is 0.490 e. The topological polar surface area (TPSA) is 77.8 Å². The molecule has 0 radical (unpaired) electrons. The van der Waals surface area contributed by atoms with Gasteiger partial charge in [-0.15, -0.1) is 0 Å². The molecule has 0 spiro atoms. The van der Waals surface area contributed by atoms with Gasteiger partial charge in [0.1, 0.15) is 24.7 Å². The van der Waals surface area contributed by atoms with Gasteiger partial charge in [-0.1, -0.05) is 12.1 Å². The van der Waals surface area contributed by atoms with Gasteiger partial charge in [-0.3, -0.25) is 9.59 Å². The van der Waals surface area contributed by atoms with Crippen molar-refractivity contribution in [2.24, 2.45) is 0 Å². The van der Waals surface area contributed by atoms with Crippen LogP contribution in [0.5, 0.6) is 11.5 Å². The monoisotopic (exact) mass is 365 g/mol. The number of amides is 1. The molecule has 0 saturated heterocycles. The zero-order valence-corrected chi connectivity index (χ0v) is 14.8. The summed E-state index contributed by atoms with van der Waals surface area (Å²) in [6, 6.07) is 17.3. The first kappa shape index (κ1) is 18.3. The fourth-order valence-electron chi connectivity index (χ4n) is 2.43. The lowest BCUT2D eigenvalue weighted by Gasteiger charge is -2.11. The van der Waals surface area contributed by atoms with E-state index in [1.165, 1.54) is 13.2 Å². The lowest BCUT2D eigenvalue weighted by molar-refractivity contribution is 0.0992. The molecular formula is C21H19NO5. The third kappa shape index (κ3) is 4.98. The van der Waals surface area contributed by atoms with Crippen LogP contribution in [0.4, 0.5) is 5.69 Å². The number of carbonyl (C=O) groups is 2. The van der Waals surface area contributed by atoms with Crippen LogP contribution in [0.2, 0.25) is 0 Å². The Bertz CT molecular complexity index is 901. The van der Waals surface area contributed by atoms with Crippen molar-refractivity contribution >= 4 is 17.4 Å². The number of anilines is 1. The summed E-state index contributed by atoms with van der Waals surface area (Å²) in [5.74, 6) is 1.09. The maximum atomic E-state index is 11.9. The number of hydrogen-bond donors (Lipinski definition) is 1. The molecule has 6 nitrogen and oxygen atoms in total. The van der Waals surface area contributed by atoms with Gasteiger partial charge in [0.05, 0.1) is 11.8 Å². The summed E-state index contributed by atoms with van der Waals surface area (Å²) in [5, 5.41) is 2.73. The Labute approximate surface area is 156 Å². The average molecular weight is 365 g/mol. The Balaban J connectivity index is 1.47. The fourth-order valence-corrected chi connectivity index (χ4v) is 2.43. The van der Waals surface area contributed by atoms with Gasteiger partial charge in [0.25, 0.3) is 5.91 Å². The summed E-state index contributed by atoms with van der Waals surface area (Å²) >= 11 is 0. The summed E-state index contributed by atoms with van der Waals surface area (Å²) in [6.07, 6.45) is 1.45. The molecule has 3 aromatic rings. The Hall–Kier alpha value is -3.54. The Morgan fingerprint density at radius 3 is 2.37 bits per heavy atom.